The lowest BCUT2D eigenvalue weighted by Gasteiger charge is -2.11. The maximum Gasteiger partial charge on any atom is 0.371 e. The smallest absolute Gasteiger partial charge is 0.371 e. The first-order valence-electron chi connectivity index (χ1n) is 10.7. The summed E-state index contributed by atoms with van der Waals surface area (Å²) >= 11 is 0. The summed E-state index contributed by atoms with van der Waals surface area (Å²) in [6.45, 7) is 3.94. The number of aliphatic hydroxyl groups is 2. The zero-order valence-electron chi connectivity index (χ0n) is 21.3. The Hall–Kier alpha value is -4.13. The molecular formula is C25H30N2O10. The predicted molar refractivity (Wildman–Crippen MR) is 130 cm³/mol. The van der Waals surface area contributed by atoms with Crippen LogP contribution >= 0.6 is 0 Å². The minimum atomic E-state index is -1.44. The Morgan fingerprint density at radius 3 is 1.86 bits per heavy atom. The molecule has 37 heavy (non-hydrogen) atoms. The van der Waals surface area contributed by atoms with E-state index in [0.717, 1.165) is 23.8 Å². The third-order valence-corrected chi connectivity index (χ3v) is 4.74. The van der Waals surface area contributed by atoms with Gasteiger partial charge in [0.05, 0.1) is 32.7 Å². The van der Waals surface area contributed by atoms with Crippen LogP contribution in [0.1, 0.15) is 22.9 Å². The first-order chi connectivity index (χ1) is 17.5. The Morgan fingerprint density at radius 1 is 0.865 bits per heavy atom. The molecule has 0 amide bonds. The molecule has 12 heteroatoms. The van der Waals surface area contributed by atoms with Gasteiger partial charge in [0, 0.05) is 18.9 Å². The molecule has 0 fully saturated rings. The highest BCUT2D eigenvalue weighted by Gasteiger charge is 2.27. The van der Waals surface area contributed by atoms with Crippen molar-refractivity contribution in [2.24, 2.45) is 0 Å². The van der Waals surface area contributed by atoms with Crippen molar-refractivity contribution in [1.29, 1.82) is 0 Å². The molecule has 0 bridgehead atoms. The van der Waals surface area contributed by atoms with E-state index in [1.807, 2.05) is 56.4 Å². The molecule has 2 atom stereocenters. The van der Waals surface area contributed by atoms with E-state index >= 15 is 0 Å². The standard InChI is InChI=1S/C18H18N2O3.C4H8O4.C3H4O3/c1-11-4-7-13(8-5-11)15-16(17(21)18(22)23-3)20-10-12(2)6-9-14(20)19-15;1-7-3(5)4(6)8-2;1-6-3(5)2-4/h4-10,17,21H,1-3H3;3,5H,1-2H3;2H,1H3. The number of aromatic nitrogens is 2. The van der Waals surface area contributed by atoms with Gasteiger partial charge in [0.15, 0.2) is 6.10 Å². The molecule has 2 N–H and O–H groups in total. The second-order valence-electron chi connectivity index (χ2n) is 7.32. The molecule has 2 unspecified atom stereocenters. The van der Waals surface area contributed by atoms with Gasteiger partial charge in [-0.25, -0.2) is 19.4 Å². The van der Waals surface area contributed by atoms with E-state index in [1.54, 1.807) is 4.40 Å². The molecule has 0 radical (unpaired) electrons. The van der Waals surface area contributed by atoms with Crippen molar-refractivity contribution >= 4 is 29.8 Å². The number of benzene rings is 1. The lowest BCUT2D eigenvalue weighted by atomic mass is 10.1. The zero-order valence-corrected chi connectivity index (χ0v) is 21.3. The normalized spacial score (nSPS) is 11.6. The molecule has 0 aliphatic heterocycles. The number of nitrogens with zero attached hydrogens (tertiary/aromatic N) is 2. The molecule has 1 aromatic carbocycles. The lowest BCUT2D eigenvalue weighted by Crippen LogP contribution is -2.23. The van der Waals surface area contributed by atoms with E-state index in [4.69, 9.17) is 9.84 Å². The molecule has 0 aliphatic carbocycles. The van der Waals surface area contributed by atoms with Gasteiger partial charge in [0.1, 0.15) is 5.65 Å². The third kappa shape index (κ3) is 8.79. The molecule has 0 saturated carbocycles. The van der Waals surface area contributed by atoms with Gasteiger partial charge in [0.2, 0.25) is 6.29 Å². The highest BCUT2D eigenvalue weighted by molar-refractivity contribution is 6.20. The third-order valence-electron chi connectivity index (χ3n) is 4.74. The van der Waals surface area contributed by atoms with Gasteiger partial charge in [-0.15, -0.1) is 0 Å². The second kappa shape index (κ2) is 15.1. The van der Waals surface area contributed by atoms with E-state index < -0.39 is 30.3 Å². The summed E-state index contributed by atoms with van der Waals surface area (Å²) < 4.78 is 18.6. The number of aldehydes is 1. The van der Waals surface area contributed by atoms with Crippen molar-refractivity contribution < 1.29 is 48.3 Å². The fourth-order valence-corrected chi connectivity index (χ4v) is 2.82. The Kier molecular flexibility index (Phi) is 12.6. The number of hydrogen-bond acceptors (Lipinski definition) is 11. The highest BCUT2D eigenvalue weighted by atomic mass is 16.6. The molecular weight excluding hydrogens is 488 g/mol. The average Bonchev–Trinajstić information content (AvgIpc) is 3.30. The topological polar surface area (TPSA) is 163 Å². The SMILES string of the molecule is COC(=O)C(O)OC.COC(=O)C(O)c1c(-c2ccc(C)cc2)nc2ccc(C)cn12.COC(=O)C=O. The largest absolute Gasteiger partial charge is 0.467 e. The van der Waals surface area contributed by atoms with Crippen LogP contribution in [0, 0.1) is 13.8 Å². The molecule has 200 valence electrons. The van der Waals surface area contributed by atoms with Crippen LogP contribution in [0.3, 0.4) is 0 Å². The molecule has 2 heterocycles. The van der Waals surface area contributed by atoms with Crippen LogP contribution in [0.4, 0.5) is 0 Å². The number of esters is 3. The van der Waals surface area contributed by atoms with Crippen LogP contribution in [0.2, 0.25) is 0 Å². The summed E-state index contributed by atoms with van der Waals surface area (Å²) in [6, 6.07) is 11.6. The van der Waals surface area contributed by atoms with Crippen molar-refractivity contribution in [2.75, 3.05) is 28.4 Å². The Balaban J connectivity index is 0.000000405. The molecule has 0 aliphatic rings. The predicted octanol–water partition coefficient (Wildman–Crippen LogP) is 1.31. The van der Waals surface area contributed by atoms with E-state index in [9.17, 15) is 24.3 Å². The number of rotatable bonds is 6. The fourth-order valence-electron chi connectivity index (χ4n) is 2.82. The minimum absolute atomic E-state index is 0.111. The van der Waals surface area contributed by atoms with Crippen molar-refractivity contribution in [3.63, 3.8) is 0 Å². The van der Waals surface area contributed by atoms with Crippen LogP contribution in [-0.2, 0) is 38.1 Å². The summed E-state index contributed by atoms with van der Waals surface area (Å²) in [6.07, 6.45) is -0.880. The fraction of sp³-hybridized carbons (Fsp3) is 0.320. The van der Waals surface area contributed by atoms with E-state index in [0.29, 0.717) is 17.0 Å². The van der Waals surface area contributed by atoms with Crippen LogP contribution in [-0.4, -0.2) is 78.5 Å². The number of fused-ring (bicyclic) bond motifs is 1. The number of methoxy groups -OCH3 is 4. The molecule has 2 aromatic heterocycles. The van der Waals surface area contributed by atoms with Gasteiger partial charge in [-0.3, -0.25) is 9.20 Å². The minimum Gasteiger partial charge on any atom is -0.467 e. The molecule has 3 rings (SSSR count). The number of aryl methyl sites for hydroxylation is 2. The van der Waals surface area contributed by atoms with Gasteiger partial charge in [-0.2, -0.15) is 0 Å². The summed E-state index contributed by atoms with van der Waals surface area (Å²) in [5, 5.41) is 18.9. The maximum atomic E-state index is 11.9. The Labute approximate surface area is 213 Å². The van der Waals surface area contributed by atoms with Crippen molar-refractivity contribution in [3.8, 4) is 11.3 Å². The molecule has 0 saturated heterocycles. The molecule has 12 nitrogen and oxygen atoms in total. The Bertz CT molecular complexity index is 1200. The maximum absolute atomic E-state index is 11.9. The number of imidazole rings is 1. The van der Waals surface area contributed by atoms with Gasteiger partial charge in [-0.1, -0.05) is 35.9 Å². The number of pyridine rings is 1. The zero-order chi connectivity index (χ0) is 28.1. The van der Waals surface area contributed by atoms with E-state index in [2.05, 4.69) is 19.2 Å². The lowest BCUT2D eigenvalue weighted by molar-refractivity contribution is -0.174. The second-order valence-corrected chi connectivity index (χ2v) is 7.32. The van der Waals surface area contributed by atoms with E-state index in [1.165, 1.54) is 21.3 Å². The number of carbonyl (C=O) groups is 4. The quantitative estimate of drug-likeness (QED) is 0.159. The first kappa shape index (κ1) is 30.9. The molecule has 3 aromatic rings. The van der Waals surface area contributed by atoms with E-state index in [-0.39, 0.29) is 6.29 Å². The summed E-state index contributed by atoms with van der Waals surface area (Å²) in [7, 11) is 4.79. The van der Waals surface area contributed by atoms with Crippen molar-refractivity contribution in [2.45, 2.75) is 26.2 Å². The van der Waals surface area contributed by atoms with Crippen LogP contribution in [0.25, 0.3) is 16.9 Å². The van der Waals surface area contributed by atoms with Gasteiger partial charge in [-0.05, 0) is 25.5 Å². The number of hydrogen-bond donors (Lipinski definition) is 2. The number of aliphatic hydroxyl groups excluding tert-OH is 2. The number of carbonyl (C=O) groups excluding carboxylic acids is 4. The summed E-state index contributed by atoms with van der Waals surface area (Å²) in [4.78, 5) is 45.4. The first-order valence-corrected chi connectivity index (χ1v) is 10.7. The molecule has 0 spiro atoms. The monoisotopic (exact) mass is 518 g/mol. The van der Waals surface area contributed by atoms with Gasteiger partial charge < -0.3 is 29.2 Å². The highest BCUT2D eigenvalue weighted by Crippen LogP contribution is 2.30. The van der Waals surface area contributed by atoms with Gasteiger partial charge in [0.25, 0.3) is 6.29 Å². The van der Waals surface area contributed by atoms with Crippen molar-refractivity contribution in [1.82, 2.24) is 9.38 Å². The summed E-state index contributed by atoms with van der Waals surface area (Å²) in [5.74, 6) is -2.33. The van der Waals surface area contributed by atoms with Crippen LogP contribution in [0.5, 0.6) is 0 Å². The van der Waals surface area contributed by atoms with Crippen LogP contribution < -0.4 is 0 Å². The summed E-state index contributed by atoms with van der Waals surface area (Å²) in [5.41, 5.74) is 4.64. The average molecular weight is 519 g/mol. The van der Waals surface area contributed by atoms with Gasteiger partial charge >= 0.3 is 17.9 Å². The van der Waals surface area contributed by atoms with Crippen molar-refractivity contribution in [3.05, 3.63) is 59.4 Å². The van der Waals surface area contributed by atoms with Crippen LogP contribution in [0.15, 0.2) is 42.6 Å². The number of ether oxygens (including phenoxy) is 4. The Morgan fingerprint density at radius 2 is 1.43 bits per heavy atom.